The van der Waals surface area contributed by atoms with Crippen LogP contribution < -0.4 is 14.8 Å². The van der Waals surface area contributed by atoms with Gasteiger partial charge in [0.25, 0.3) is 0 Å². The van der Waals surface area contributed by atoms with Crippen molar-refractivity contribution in [3.05, 3.63) is 93.9 Å². The van der Waals surface area contributed by atoms with E-state index in [1.54, 1.807) is 48.7 Å². The van der Waals surface area contributed by atoms with E-state index in [9.17, 15) is 4.79 Å². The van der Waals surface area contributed by atoms with Crippen molar-refractivity contribution in [2.45, 2.75) is 27.3 Å². The highest BCUT2D eigenvalue weighted by Crippen LogP contribution is 2.36. The lowest BCUT2D eigenvalue weighted by atomic mass is 9.94. The third-order valence-corrected chi connectivity index (χ3v) is 6.27. The molecule has 1 aliphatic heterocycles. The maximum atomic E-state index is 15.1. The first-order valence-corrected chi connectivity index (χ1v) is 12.8. The van der Waals surface area contributed by atoms with Gasteiger partial charge in [0, 0.05) is 39.7 Å². The van der Waals surface area contributed by atoms with Crippen LogP contribution in [0.4, 0.5) is 16.0 Å². The summed E-state index contributed by atoms with van der Waals surface area (Å²) in [6, 6.07) is 15.2. The fraction of sp³-hybridized carbons (Fsp3) is 0.200. The Labute approximate surface area is 231 Å². The average Bonchev–Trinajstić information content (AvgIpc) is 3.10. The van der Waals surface area contributed by atoms with E-state index in [4.69, 9.17) is 31.1 Å². The zero-order valence-electron chi connectivity index (χ0n) is 22.3. The van der Waals surface area contributed by atoms with Crippen LogP contribution >= 0.6 is 11.6 Å². The van der Waals surface area contributed by atoms with Gasteiger partial charge in [-0.1, -0.05) is 37.6 Å². The first-order valence-electron chi connectivity index (χ1n) is 12.4. The maximum absolute atomic E-state index is 15.1. The molecule has 0 saturated heterocycles. The molecule has 200 valence electrons. The molecule has 39 heavy (non-hydrogen) atoms. The Kier molecular flexibility index (Phi) is 8.56. The molecular formula is C30H28ClFN4O3. The normalized spacial score (nSPS) is 11.6. The molecule has 2 heterocycles. The number of hydrogen-bond acceptors (Lipinski definition) is 7. The summed E-state index contributed by atoms with van der Waals surface area (Å²) in [7, 11) is 3.00. The highest BCUT2D eigenvalue weighted by atomic mass is 35.5. The van der Waals surface area contributed by atoms with Gasteiger partial charge in [0.05, 0.1) is 43.3 Å². The van der Waals surface area contributed by atoms with Crippen LogP contribution in [-0.4, -0.2) is 35.7 Å². The largest absolute Gasteiger partial charge is 0.496 e. The molecule has 1 aromatic heterocycles. The highest BCUT2D eigenvalue weighted by Gasteiger charge is 2.25. The molecule has 0 saturated carbocycles. The molecule has 5 rings (SSSR count). The Morgan fingerprint density at radius 1 is 1.00 bits per heavy atom. The molecule has 0 fully saturated rings. The predicted molar refractivity (Wildman–Crippen MR) is 152 cm³/mol. The second-order valence-electron chi connectivity index (χ2n) is 8.34. The number of aliphatic imine (C=N–C) groups is 1. The van der Waals surface area contributed by atoms with Gasteiger partial charge in [-0.2, -0.15) is 0 Å². The predicted octanol–water partition coefficient (Wildman–Crippen LogP) is 7.28. The number of fused-ring (bicyclic) bond motifs is 3. The Morgan fingerprint density at radius 3 is 2.49 bits per heavy atom. The lowest BCUT2D eigenvalue weighted by molar-refractivity contribution is 0.101. The van der Waals surface area contributed by atoms with Crippen molar-refractivity contribution >= 4 is 34.7 Å². The van der Waals surface area contributed by atoms with Gasteiger partial charge in [0.1, 0.15) is 17.3 Å². The number of carbonyl (C=O) groups is 1. The number of ketones is 1. The minimum absolute atomic E-state index is 0.0952. The molecule has 4 aromatic rings. The second-order valence-corrected chi connectivity index (χ2v) is 8.77. The van der Waals surface area contributed by atoms with Gasteiger partial charge in [-0.05, 0) is 43.3 Å². The van der Waals surface area contributed by atoms with Crippen LogP contribution in [0.25, 0.3) is 11.3 Å². The van der Waals surface area contributed by atoms with Crippen LogP contribution in [0.15, 0.2) is 65.8 Å². The number of ether oxygens (including phenoxy) is 2. The van der Waals surface area contributed by atoms with Crippen LogP contribution in [0.2, 0.25) is 5.02 Å². The Balaban J connectivity index is 0.00000172. The van der Waals surface area contributed by atoms with Crippen molar-refractivity contribution in [1.82, 2.24) is 9.97 Å². The fourth-order valence-corrected chi connectivity index (χ4v) is 4.46. The smallest absolute Gasteiger partial charge is 0.227 e. The second kappa shape index (κ2) is 12.0. The number of hydrogen-bond donors (Lipinski definition) is 1. The fourth-order valence-electron chi connectivity index (χ4n) is 4.29. The number of nitrogens with one attached hydrogen (secondary N) is 1. The SMILES string of the molecule is CC.COc1cc(Nc2ncc3c(n2)-c2ccc(Cl)cc2C(c2c(F)cccc2OC)=NC3)ccc1C(C)=O. The van der Waals surface area contributed by atoms with Crippen LogP contribution in [0.1, 0.15) is 47.8 Å². The number of Topliss-reactive ketones (excluding diaryl/α,β-unsaturated/α-hetero) is 1. The first-order chi connectivity index (χ1) is 18.9. The van der Waals surface area contributed by atoms with Crippen LogP contribution in [-0.2, 0) is 6.54 Å². The highest BCUT2D eigenvalue weighted by molar-refractivity contribution is 6.31. The van der Waals surface area contributed by atoms with Crippen molar-refractivity contribution < 1.29 is 18.7 Å². The molecule has 0 bridgehead atoms. The molecule has 0 radical (unpaired) electrons. The Bertz CT molecular complexity index is 1570. The monoisotopic (exact) mass is 546 g/mol. The van der Waals surface area contributed by atoms with E-state index in [1.165, 1.54) is 27.2 Å². The van der Waals surface area contributed by atoms with Crippen molar-refractivity contribution in [3.63, 3.8) is 0 Å². The van der Waals surface area contributed by atoms with Gasteiger partial charge in [0.2, 0.25) is 5.95 Å². The molecule has 1 N–H and O–H groups in total. The van der Waals surface area contributed by atoms with E-state index in [0.29, 0.717) is 50.7 Å². The number of rotatable bonds is 6. The van der Waals surface area contributed by atoms with Crippen LogP contribution in [0, 0.1) is 5.82 Å². The molecular weight excluding hydrogens is 519 g/mol. The third-order valence-electron chi connectivity index (χ3n) is 6.03. The molecule has 0 spiro atoms. The van der Waals surface area contributed by atoms with E-state index in [2.05, 4.69) is 10.3 Å². The number of benzene rings is 3. The van der Waals surface area contributed by atoms with Gasteiger partial charge in [-0.3, -0.25) is 9.79 Å². The topological polar surface area (TPSA) is 85.7 Å². The quantitative estimate of drug-likeness (QED) is 0.256. The standard InChI is InChI=1S/C28H22ClFN4O3.C2H6/c1-15(35)19-10-8-18(12-24(19)37-3)33-28-32-14-16-13-31-27(25-22(30)5-4-6-23(25)36-2)21-11-17(29)7-9-20(21)26(16)34-28;1-2/h4-12,14H,13H2,1-3H3,(H,32,33,34);1-2H3. The van der Waals surface area contributed by atoms with Crippen molar-refractivity contribution in [2.24, 2.45) is 4.99 Å². The van der Waals surface area contributed by atoms with Crippen molar-refractivity contribution in [3.8, 4) is 22.8 Å². The van der Waals surface area contributed by atoms with Gasteiger partial charge >= 0.3 is 0 Å². The summed E-state index contributed by atoms with van der Waals surface area (Å²) >= 11 is 6.36. The molecule has 1 aliphatic rings. The van der Waals surface area contributed by atoms with Crippen molar-refractivity contribution in [2.75, 3.05) is 19.5 Å². The first kappa shape index (κ1) is 27.7. The summed E-state index contributed by atoms with van der Waals surface area (Å²) in [6.07, 6.45) is 1.69. The number of aromatic nitrogens is 2. The van der Waals surface area contributed by atoms with Gasteiger partial charge in [0.15, 0.2) is 5.78 Å². The van der Waals surface area contributed by atoms with Gasteiger partial charge < -0.3 is 14.8 Å². The number of anilines is 2. The van der Waals surface area contributed by atoms with Crippen LogP contribution in [0.5, 0.6) is 11.5 Å². The number of nitrogens with zero attached hydrogens (tertiary/aromatic N) is 3. The Morgan fingerprint density at radius 2 is 1.77 bits per heavy atom. The summed E-state index contributed by atoms with van der Waals surface area (Å²) < 4.78 is 25.9. The molecule has 9 heteroatoms. The minimum atomic E-state index is -0.452. The third kappa shape index (κ3) is 5.61. The molecule has 0 unspecified atom stereocenters. The summed E-state index contributed by atoms with van der Waals surface area (Å²) in [5.41, 5.74) is 4.58. The lowest BCUT2D eigenvalue weighted by Crippen LogP contribution is -2.09. The molecule has 3 aromatic carbocycles. The van der Waals surface area contributed by atoms with E-state index in [-0.39, 0.29) is 17.9 Å². The van der Waals surface area contributed by atoms with E-state index in [0.717, 1.165) is 11.1 Å². The zero-order chi connectivity index (χ0) is 28.1. The Hall–Kier alpha value is -4.30. The van der Waals surface area contributed by atoms with E-state index < -0.39 is 5.82 Å². The molecule has 7 nitrogen and oxygen atoms in total. The molecule has 0 atom stereocenters. The number of carbonyl (C=O) groups excluding carboxylic acids is 1. The summed E-state index contributed by atoms with van der Waals surface area (Å²) in [4.78, 5) is 25.8. The molecule has 0 amide bonds. The van der Waals surface area contributed by atoms with Crippen molar-refractivity contribution in [1.29, 1.82) is 0 Å². The number of halogens is 2. The average molecular weight is 547 g/mol. The van der Waals surface area contributed by atoms with Gasteiger partial charge in [-0.15, -0.1) is 0 Å². The summed E-state index contributed by atoms with van der Waals surface area (Å²) in [6.45, 7) is 5.72. The van der Waals surface area contributed by atoms with Gasteiger partial charge in [-0.25, -0.2) is 14.4 Å². The minimum Gasteiger partial charge on any atom is -0.496 e. The van der Waals surface area contributed by atoms with E-state index in [1.807, 2.05) is 19.9 Å². The van der Waals surface area contributed by atoms with E-state index >= 15 is 4.39 Å². The summed E-state index contributed by atoms with van der Waals surface area (Å²) in [5, 5.41) is 3.65. The molecule has 0 aliphatic carbocycles. The lowest BCUT2D eigenvalue weighted by Gasteiger charge is -2.15. The maximum Gasteiger partial charge on any atom is 0.227 e. The van der Waals surface area contributed by atoms with Crippen LogP contribution in [0.3, 0.4) is 0 Å². The zero-order valence-corrected chi connectivity index (χ0v) is 23.1. The summed E-state index contributed by atoms with van der Waals surface area (Å²) in [5.74, 6) is 0.606. The number of methoxy groups -OCH3 is 2.